The summed E-state index contributed by atoms with van der Waals surface area (Å²) in [6, 6.07) is 14.0. The van der Waals surface area contributed by atoms with Gasteiger partial charge in [-0.05, 0) is 22.3 Å². The van der Waals surface area contributed by atoms with Gasteiger partial charge in [0.05, 0.1) is 11.9 Å². The maximum Gasteiger partial charge on any atom is 0.407 e. The van der Waals surface area contributed by atoms with E-state index in [-0.39, 0.29) is 24.6 Å². The zero-order valence-electron chi connectivity index (χ0n) is 26.1. The Bertz CT molecular complexity index is 1650. The highest BCUT2D eigenvalue weighted by Crippen LogP contribution is 2.44. The van der Waals surface area contributed by atoms with Crippen molar-refractivity contribution in [1.82, 2.24) is 20.3 Å². The second-order valence-corrected chi connectivity index (χ2v) is 11.2. The van der Waals surface area contributed by atoms with E-state index in [4.69, 9.17) is 23.7 Å². The molecule has 15 nitrogen and oxygen atoms in total. The molecule has 48 heavy (non-hydrogen) atoms. The number of fused-ring (bicyclic) bond motifs is 3. The van der Waals surface area contributed by atoms with Crippen molar-refractivity contribution in [3.8, 4) is 11.1 Å². The van der Waals surface area contributed by atoms with E-state index in [9.17, 15) is 29.1 Å². The first-order valence-electron chi connectivity index (χ1n) is 14.9. The number of carbonyl (C=O) groups excluding carboxylic acids is 4. The SMILES string of the molecule is CC(=O)OC[C@H]1O[C@@H](n2cc(C[C@H](NC(=O)OCC3c4ccccc4-c4ccccc43)C(=O)O)nn2)[C@H](F)[C@@H](OC(C)=O)[C@@H]1OC(C)=O. The molecular weight excluding hydrogens is 635 g/mol. The number of carboxylic acids is 1. The summed E-state index contributed by atoms with van der Waals surface area (Å²) in [5.41, 5.74) is 4.06. The standard InChI is InChI=1S/C32H33FN4O11/c1-16(38)44-15-26-28(46-17(2)39)29(47-18(3)40)27(33)30(48-26)37-13-19(35-36-37)12-25(31(41)42)34-32(43)45-14-24-22-10-6-4-8-20(22)21-9-5-7-11-23(21)24/h4-11,13,24-30H,12,14-15H2,1-3H3,(H,34,43)(H,41,42)/t25-,26+,27+,28+,29+,30+/m0/s1. The maximum absolute atomic E-state index is 15.8. The molecule has 1 aliphatic heterocycles. The molecule has 0 saturated carbocycles. The zero-order chi connectivity index (χ0) is 34.5. The average Bonchev–Trinajstić information content (AvgIpc) is 3.63. The number of halogens is 1. The monoisotopic (exact) mass is 668 g/mol. The minimum Gasteiger partial charge on any atom is -0.480 e. The van der Waals surface area contributed by atoms with Crippen molar-refractivity contribution < 1.29 is 57.2 Å². The molecule has 5 rings (SSSR count). The van der Waals surface area contributed by atoms with Crippen LogP contribution in [0.3, 0.4) is 0 Å². The molecule has 1 amide bonds. The predicted molar refractivity (Wildman–Crippen MR) is 160 cm³/mol. The number of rotatable bonds is 11. The topological polar surface area (TPSA) is 194 Å². The molecule has 16 heteroatoms. The average molecular weight is 669 g/mol. The highest BCUT2D eigenvalue weighted by Gasteiger charge is 2.52. The molecule has 0 radical (unpaired) electrons. The number of alkyl halides is 1. The number of ether oxygens (including phenoxy) is 5. The van der Waals surface area contributed by atoms with Gasteiger partial charge in [-0.25, -0.2) is 18.7 Å². The van der Waals surface area contributed by atoms with Crippen LogP contribution in [0.2, 0.25) is 0 Å². The van der Waals surface area contributed by atoms with Gasteiger partial charge in [-0.15, -0.1) is 5.10 Å². The van der Waals surface area contributed by atoms with Crippen LogP contribution in [-0.4, -0.2) is 93.8 Å². The summed E-state index contributed by atoms with van der Waals surface area (Å²) >= 11 is 0. The van der Waals surface area contributed by atoms with E-state index in [1.807, 2.05) is 48.5 Å². The predicted octanol–water partition coefficient (Wildman–Crippen LogP) is 2.47. The number of aromatic nitrogens is 3. The van der Waals surface area contributed by atoms with E-state index >= 15 is 4.39 Å². The second-order valence-electron chi connectivity index (χ2n) is 11.2. The molecule has 2 aromatic carbocycles. The first-order valence-corrected chi connectivity index (χ1v) is 14.9. The molecule has 2 heterocycles. The van der Waals surface area contributed by atoms with Gasteiger partial charge in [0.1, 0.15) is 25.4 Å². The van der Waals surface area contributed by atoms with Crippen LogP contribution in [-0.2, 0) is 49.3 Å². The lowest BCUT2D eigenvalue weighted by Gasteiger charge is -2.41. The van der Waals surface area contributed by atoms with Gasteiger partial charge in [0.15, 0.2) is 24.6 Å². The summed E-state index contributed by atoms with van der Waals surface area (Å²) in [6.45, 7) is 2.70. The minimum absolute atomic E-state index is 0.0276. The quantitative estimate of drug-likeness (QED) is 0.224. The Morgan fingerprint density at radius 1 is 0.896 bits per heavy atom. The summed E-state index contributed by atoms with van der Waals surface area (Å²) in [5.74, 6) is -4.04. The van der Waals surface area contributed by atoms with Gasteiger partial charge in [-0.1, -0.05) is 53.7 Å². The second kappa shape index (κ2) is 14.6. The van der Waals surface area contributed by atoms with E-state index in [2.05, 4.69) is 15.6 Å². The van der Waals surface area contributed by atoms with Crippen molar-refractivity contribution >= 4 is 30.0 Å². The van der Waals surface area contributed by atoms with Crippen molar-refractivity contribution in [3.63, 3.8) is 0 Å². The highest BCUT2D eigenvalue weighted by atomic mass is 19.1. The van der Waals surface area contributed by atoms with Crippen LogP contribution in [0.15, 0.2) is 54.7 Å². The smallest absolute Gasteiger partial charge is 0.407 e. The number of esters is 3. The normalized spacial score (nSPS) is 22.0. The van der Waals surface area contributed by atoms with Gasteiger partial charge in [-0.2, -0.15) is 0 Å². The lowest BCUT2D eigenvalue weighted by molar-refractivity contribution is -0.253. The number of amides is 1. The molecule has 1 fully saturated rings. The number of hydrogen-bond donors (Lipinski definition) is 2. The molecule has 3 aromatic rings. The molecule has 2 aliphatic rings. The summed E-state index contributed by atoms with van der Waals surface area (Å²) in [7, 11) is 0. The van der Waals surface area contributed by atoms with Crippen LogP contribution in [0.4, 0.5) is 9.18 Å². The lowest BCUT2D eigenvalue weighted by atomic mass is 9.98. The van der Waals surface area contributed by atoms with Crippen molar-refractivity contribution in [1.29, 1.82) is 0 Å². The molecule has 1 aliphatic carbocycles. The number of benzene rings is 2. The van der Waals surface area contributed by atoms with E-state index in [1.165, 1.54) is 6.20 Å². The Morgan fingerprint density at radius 3 is 2.08 bits per heavy atom. The third-order valence-corrected chi connectivity index (χ3v) is 7.81. The molecule has 0 unspecified atom stereocenters. The number of nitrogens with zero attached hydrogens (tertiary/aromatic N) is 3. The molecule has 0 spiro atoms. The number of carbonyl (C=O) groups is 5. The Balaban J connectivity index is 1.27. The Morgan fingerprint density at radius 2 is 1.50 bits per heavy atom. The number of carboxylic acid groups (broad SMARTS) is 1. The largest absolute Gasteiger partial charge is 0.480 e. The number of alkyl carbamates (subject to hydrolysis) is 1. The van der Waals surface area contributed by atoms with Gasteiger partial charge in [0.25, 0.3) is 0 Å². The Kier molecular flexibility index (Phi) is 10.3. The highest BCUT2D eigenvalue weighted by molar-refractivity contribution is 5.81. The molecular formula is C32H33FN4O11. The van der Waals surface area contributed by atoms with Gasteiger partial charge >= 0.3 is 30.0 Å². The third-order valence-electron chi connectivity index (χ3n) is 7.81. The van der Waals surface area contributed by atoms with Gasteiger partial charge in [0.2, 0.25) is 0 Å². The summed E-state index contributed by atoms with van der Waals surface area (Å²) in [5, 5.41) is 19.9. The van der Waals surface area contributed by atoms with Crippen LogP contribution in [0.1, 0.15) is 49.7 Å². The first kappa shape index (κ1) is 34.0. The summed E-state index contributed by atoms with van der Waals surface area (Å²) < 4.78 is 43.3. The fraction of sp³-hybridized carbons (Fsp3) is 0.406. The van der Waals surface area contributed by atoms with E-state index < -0.39 is 73.3 Å². The van der Waals surface area contributed by atoms with E-state index in [0.717, 1.165) is 47.7 Å². The van der Waals surface area contributed by atoms with E-state index in [1.54, 1.807) is 0 Å². The summed E-state index contributed by atoms with van der Waals surface area (Å²) in [6.07, 6.45) is -8.37. The van der Waals surface area contributed by atoms with Crippen LogP contribution in [0.25, 0.3) is 11.1 Å². The van der Waals surface area contributed by atoms with Crippen molar-refractivity contribution in [2.45, 2.75) is 69.9 Å². The van der Waals surface area contributed by atoms with Crippen molar-refractivity contribution in [3.05, 3.63) is 71.5 Å². The van der Waals surface area contributed by atoms with Gasteiger partial charge in [0, 0.05) is 33.1 Å². The molecule has 254 valence electrons. The maximum atomic E-state index is 15.8. The third kappa shape index (κ3) is 7.60. The van der Waals surface area contributed by atoms with Gasteiger partial charge < -0.3 is 34.1 Å². The van der Waals surface area contributed by atoms with Gasteiger partial charge in [-0.3, -0.25) is 14.4 Å². The fourth-order valence-corrected chi connectivity index (χ4v) is 5.81. The molecule has 1 aromatic heterocycles. The number of aliphatic carboxylic acids is 1. The lowest BCUT2D eigenvalue weighted by Crippen LogP contribution is -2.58. The molecule has 2 N–H and O–H groups in total. The molecule has 6 atom stereocenters. The molecule has 0 bridgehead atoms. The first-order chi connectivity index (χ1) is 22.9. The van der Waals surface area contributed by atoms with Crippen LogP contribution in [0, 0.1) is 0 Å². The number of hydrogen-bond acceptors (Lipinski definition) is 12. The Labute approximate surface area is 273 Å². The van der Waals surface area contributed by atoms with E-state index in [0.29, 0.717) is 0 Å². The van der Waals surface area contributed by atoms with Crippen molar-refractivity contribution in [2.24, 2.45) is 0 Å². The van der Waals surface area contributed by atoms with Crippen LogP contribution < -0.4 is 5.32 Å². The van der Waals surface area contributed by atoms with Crippen LogP contribution >= 0.6 is 0 Å². The zero-order valence-corrected chi connectivity index (χ0v) is 26.1. The van der Waals surface area contributed by atoms with Crippen molar-refractivity contribution in [2.75, 3.05) is 13.2 Å². The number of nitrogens with one attached hydrogen (secondary N) is 1. The summed E-state index contributed by atoms with van der Waals surface area (Å²) in [4.78, 5) is 59.9. The Hall–Kier alpha value is -5.38. The minimum atomic E-state index is -2.16. The van der Waals surface area contributed by atoms with Crippen LogP contribution in [0.5, 0.6) is 0 Å². The molecule has 1 saturated heterocycles. The fourth-order valence-electron chi connectivity index (χ4n) is 5.81.